The zero-order valence-electron chi connectivity index (χ0n) is 11.1. The van der Waals surface area contributed by atoms with E-state index in [9.17, 15) is 8.42 Å². The van der Waals surface area contributed by atoms with Crippen LogP contribution in [0.25, 0.3) is 0 Å². The van der Waals surface area contributed by atoms with Crippen molar-refractivity contribution >= 4 is 21.4 Å². The number of sulfonamides is 1. The van der Waals surface area contributed by atoms with Crippen LogP contribution in [-0.2, 0) is 10.0 Å². The van der Waals surface area contributed by atoms with Gasteiger partial charge in [0.05, 0.1) is 16.3 Å². The Morgan fingerprint density at radius 2 is 1.84 bits per heavy atom. The second-order valence-electron chi connectivity index (χ2n) is 5.54. The van der Waals surface area contributed by atoms with E-state index >= 15 is 0 Å². The number of benzene rings is 1. The Hall–Kier alpha value is -1.27. The second-order valence-corrected chi connectivity index (χ2v) is 7.10. The molecule has 1 aromatic carbocycles. The van der Waals surface area contributed by atoms with Gasteiger partial charge in [-0.1, -0.05) is 19.3 Å². The van der Waals surface area contributed by atoms with E-state index in [-0.39, 0.29) is 10.4 Å². The van der Waals surface area contributed by atoms with Crippen molar-refractivity contribution in [1.82, 2.24) is 0 Å². The summed E-state index contributed by atoms with van der Waals surface area (Å²) in [5, 5.41) is 8.54. The van der Waals surface area contributed by atoms with Crippen LogP contribution in [0.4, 0.5) is 11.4 Å². The van der Waals surface area contributed by atoms with Crippen molar-refractivity contribution in [3.8, 4) is 0 Å². The first-order valence-corrected chi connectivity index (χ1v) is 8.05. The molecule has 0 bridgehead atoms. The Bertz CT molecular complexity index is 563. The van der Waals surface area contributed by atoms with Gasteiger partial charge >= 0.3 is 0 Å². The highest BCUT2D eigenvalue weighted by molar-refractivity contribution is 7.89. The van der Waals surface area contributed by atoms with Crippen LogP contribution in [0.1, 0.15) is 39.0 Å². The molecule has 0 spiro atoms. The van der Waals surface area contributed by atoms with E-state index in [2.05, 4.69) is 12.2 Å². The topological polar surface area (TPSA) is 98.2 Å². The van der Waals surface area contributed by atoms with Crippen molar-refractivity contribution in [1.29, 1.82) is 0 Å². The van der Waals surface area contributed by atoms with Crippen molar-refractivity contribution in [2.75, 3.05) is 11.1 Å². The van der Waals surface area contributed by atoms with Gasteiger partial charge in [0.1, 0.15) is 0 Å². The van der Waals surface area contributed by atoms with Crippen LogP contribution in [-0.4, -0.2) is 14.0 Å². The summed E-state index contributed by atoms with van der Waals surface area (Å²) >= 11 is 0. The Kier molecular flexibility index (Phi) is 3.73. The highest BCUT2D eigenvalue weighted by Gasteiger charge is 2.27. The highest BCUT2D eigenvalue weighted by atomic mass is 32.2. The third kappa shape index (κ3) is 3.39. The number of hydrogen-bond acceptors (Lipinski definition) is 4. The molecule has 0 unspecified atom stereocenters. The van der Waals surface area contributed by atoms with Crippen molar-refractivity contribution < 1.29 is 8.42 Å². The predicted octanol–water partition coefficient (Wildman–Crippen LogP) is 2.05. The molecule has 0 saturated heterocycles. The normalized spacial score (nSPS) is 19.1. The van der Waals surface area contributed by atoms with Gasteiger partial charge < -0.3 is 11.1 Å². The van der Waals surface area contributed by atoms with Crippen LogP contribution < -0.4 is 16.2 Å². The van der Waals surface area contributed by atoms with Gasteiger partial charge in [0, 0.05) is 5.54 Å². The molecule has 0 aliphatic heterocycles. The zero-order chi connectivity index (χ0) is 14.1. The molecule has 1 aromatic rings. The summed E-state index contributed by atoms with van der Waals surface area (Å²) in [7, 11) is -3.70. The summed E-state index contributed by atoms with van der Waals surface area (Å²) in [6.07, 6.45) is 5.73. The summed E-state index contributed by atoms with van der Waals surface area (Å²) in [6.45, 7) is 2.15. The number of nitrogens with two attached hydrogens (primary N) is 2. The fourth-order valence-corrected chi connectivity index (χ4v) is 3.14. The minimum atomic E-state index is -3.70. The lowest BCUT2D eigenvalue weighted by Crippen LogP contribution is -2.37. The maximum absolute atomic E-state index is 11.4. The van der Waals surface area contributed by atoms with E-state index < -0.39 is 10.0 Å². The highest BCUT2D eigenvalue weighted by Crippen LogP contribution is 2.33. The minimum absolute atomic E-state index is 0.0245. The SMILES string of the molecule is CC1(Nc2cc(S(N)(=O)=O)ccc2N)CCCCC1. The molecule has 5 nitrogen and oxygen atoms in total. The Balaban J connectivity index is 2.29. The van der Waals surface area contributed by atoms with E-state index in [0.29, 0.717) is 11.4 Å². The molecular weight excluding hydrogens is 262 g/mol. The van der Waals surface area contributed by atoms with E-state index in [1.165, 1.54) is 31.4 Å². The largest absolute Gasteiger partial charge is 0.397 e. The van der Waals surface area contributed by atoms with Gasteiger partial charge in [0.25, 0.3) is 0 Å². The Labute approximate surface area is 114 Å². The van der Waals surface area contributed by atoms with Crippen LogP contribution in [0, 0.1) is 0 Å². The molecule has 6 heteroatoms. The molecular formula is C13H21N3O2S. The second kappa shape index (κ2) is 5.02. The molecule has 0 amide bonds. The number of anilines is 2. The number of rotatable bonds is 3. The third-order valence-corrected chi connectivity index (χ3v) is 4.66. The van der Waals surface area contributed by atoms with E-state index in [0.717, 1.165) is 12.8 Å². The smallest absolute Gasteiger partial charge is 0.238 e. The van der Waals surface area contributed by atoms with Crippen molar-refractivity contribution in [3.05, 3.63) is 18.2 Å². The molecule has 1 fully saturated rings. The molecule has 0 atom stereocenters. The first-order valence-electron chi connectivity index (χ1n) is 6.51. The van der Waals surface area contributed by atoms with Gasteiger partial charge in [-0.15, -0.1) is 0 Å². The minimum Gasteiger partial charge on any atom is -0.397 e. The van der Waals surface area contributed by atoms with E-state index in [1.54, 1.807) is 6.07 Å². The molecule has 19 heavy (non-hydrogen) atoms. The van der Waals surface area contributed by atoms with Crippen LogP contribution in [0.5, 0.6) is 0 Å². The van der Waals surface area contributed by atoms with Crippen molar-refractivity contribution in [3.63, 3.8) is 0 Å². The predicted molar refractivity (Wildman–Crippen MR) is 77.3 cm³/mol. The monoisotopic (exact) mass is 283 g/mol. The van der Waals surface area contributed by atoms with Gasteiger partial charge in [-0.25, -0.2) is 13.6 Å². The molecule has 1 aliphatic rings. The maximum Gasteiger partial charge on any atom is 0.238 e. The van der Waals surface area contributed by atoms with Gasteiger partial charge in [-0.05, 0) is 38.0 Å². The van der Waals surface area contributed by atoms with Gasteiger partial charge in [0.2, 0.25) is 10.0 Å². The summed E-state index contributed by atoms with van der Waals surface area (Å²) in [6, 6.07) is 4.53. The first kappa shape index (κ1) is 14.1. The molecule has 106 valence electrons. The van der Waals surface area contributed by atoms with Crippen molar-refractivity contribution in [2.24, 2.45) is 5.14 Å². The fraction of sp³-hybridized carbons (Fsp3) is 0.538. The fourth-order valence-electron chi connectivity index (χ4n) is 2.60. The van der Waals surface area contributed by atoms with Gasteiger partial charge in [-0.2, -0.15) is 0 Å². The molecule has 1 saturated carbocycles. The van der Waals surface area contributed by atoms with Gasteiger partial charge in [-0.3, -0.25) is 0 Å². The standard InChI is InChI=1S/C13H21N3O2S/c1-13(7-3-2-4-8-13)16-12-9-10(19(15,17)18)5-6-11(12)14/h5-6,9,16H,2-4,7-8,14H2,1H3,(H2,15,17,18). The summed E-state index contributed by atoms with van der Waals surface area (Å²) in [4.78, 5) is 0.0867. The summed E-state index contributed by atoms with van der Waals surface area (Å²) in [5.41, 5.74) is 7.08. The molecule has 5 N–H and O–H groups in total. The van der Waals surface area contributed by atoms with Crippen molar-refractivity contribution in [2.45, 2.75) is 49.5 Å². The first-order chi connectivity index (χ1) is 8.80. The number of primary sulfonamides is 1. The van der Waals surface area contributed by atoms with Crippen LogP contribution in [0.3, 0.4) is 0 Å². The third-order valence-electron chi connectivity index (χ3n) is 3.75. The number of hydrogen-bond donors (Lipinski definition) is 3. The van der Waals surface area contributed by atoms with Crippen LogP contribution >= 0.6 is 0 Å². The average Bonchev–Trinajstić information content (AvgIpc) is 2.31. The number of nitrogen functional groups attached to an aromatic ring is 1. The van der Waals surface area contributed by atoms with Gasteiger partial charge in [0.15, 0.2) is 0 Å². The molecule has 1 aliphatic carbocycles. The average molecular weight is 283 g/mol. The Morgan fingerprint density at radius 3 is 2.42 bits per heavy atom. The summed E-state index contributed by atoms with van der Waals surface area (Å²) < 4.78 is 22.8. The lowest BCUT2D eigenvalue weighted by molar-refractivity contribution is 0.349. The summed E-state index contributed by atoms with van der Waals surface area (Å²) in [5.74, 6) is 0. The van der Waals surface area contributed by atoms with E-state index in [4.69, 9.17) is 10.9 Å². The van der Waals surface area contributed by atoms with Crippen LogP contribution in [0.2, 0.25) is 0 Å². The molecule has 2 rings (SSSR count). The molecule has 0 aromatic heterocycles. The quantitative estimate of drug-likeness (QED) is 0.739. The lowest BCUT2D eigenvalue weighted by Gasteiger charge is -2.36. The Morgan fingerprint density at radius 1 is 1.21 bits per heavy atom. The number of nitrogens with one attached hydrogen (secondary N) is 1. The molecule has 0 heterocycles. The maximum atomic E-state index is 11.4. The molecule has 0 radical (unpaired) electrons. The lowest BCUT2D eigenvalue weighted by atomic mass is 9.83. The van der Waals surface area contributed by atoms with E-state index in [1.807, 2.05) is 0 Å². The van der Waals surface area contributed by atoms with Crippen LogP contribution in [0.15, 0.2) is 23.1 Å². The zero-order valence-corrected chi connectivity index (χ0v) is 12.0.